The highest BCUT2D eigenvalue weighted by Crippen LogP contribution is 2.43. The van der Waals surface area contributed by atoms with Gasteiger partial charge in [-0.1, -0.05) is 0 Å². The third kappa shape index (κ3) is 4.10. The first-order chi connectivity index (χ1) is 16.1. The number of ether oxygens (including phenoxy) is 4. The summed E-state index contributed by atoms with van der Waals surface area (Å²) >= 11 is 0. The number of aliphatic hydroxyl groups excluding tert-OH is 3. The Balaban J connectivity index is 1.77. The number of hydrogen-bond acceptors (Lipinski definition) is 11. The Morgan fingerprint density at radius 3 is 2.15 bits per heavy atom. The minimum atomic E-state index is -1.56. The summed E-state index contributed by atoms with van der Waals surface area (Å²) in [5, 5.41) is 49.9. The Morgan fingerprint density at radius 2 is 1.53 bits per heavy atom. The van der Waals surface area contributed by atoms with Crippen molar-refractivity contribution in [3.05, 3.63) is 40.6 Å². The first-order valence-electron chi connectivity index (χ1n) is 10.3. The van der Waals surface area contributed by atoms with Crippen molar-refractivity contribution in [3.8, 4) is 40.1 Å². The van der Waals surface area contributed by atoms with Crippen molar-refractivity contribution >= 4 is 11.0 Å². The number of rotatable bonds is 5. The van der Waals surface area contributed by atoms with E-state index in [9.17, 15) is 30.3 Å². The smallest absolute Gasteiger partial charge is 0.229 e. The van der Waals surface area contributed by atoms with Crippen LogP contribution < -0.4 is 19.6 Å². The average molecular weight is 476 g/mol. The lowest BCUT2D eigenvalue weighted by Gasteiger charge is -2.39. The van der Waals surface area contributed by atoms with E-state index in [-0.39, 0.29) is 39.7 Å². The Morgan fingerprint density at radius 1 is 0.882 bits per heavy atom. The molecule has 5 atom stereocenters. The number of methoxy groups -OCH3 is 2. The molecule has 11 nitrogen and oxygen atoms in total. The van der Waals surface area contributed by atoms with Gasteiger partial charge in [0.25, 0.3) is 0 Å². The Kier molecular flexibility index (Phi) is 6.28. The number of phenolic OH excluding ortho intramolecular Hbond substituents is 2. The molecule has 0 aliphatic carbocycles. The number of fused-ring (bicyclic) bond motifs is 1. The summed E-state index contributed by atoms with van der Waals surface area (Å²) < 4.78 is 27.8. The van der Waals surface area contributed by atoms with Gasteiger partial charge < -0.3 is 48.9 Å². The Bertz CT molecular complexity index is 1240. The molecule has 1 aliphatic heterocycles. The molecule has 34 heavy (non-hydrogen) atoms. The van der Waals surface area contributed by atoms with Crippen LogP contribution in [0.15, 0.2) is 39.5 Å². The van der Waals surface area contributed by atoms with Gasteiger partial charge in [-0.2, -0.15) is 0 Å². The zero-order valence-electron chi connectivity index (χ0n) is 18.5. The van der Waals surface area contributed by atoms with E-state index in [0.29, 0.717) is 5.56 Å². The zero-order valence-corrected chi connectivity index (χ0v) is 18.5. The number of aliphatic hydroxyl groups is 3. The van der Waals surface area contributed by atoms with Crippen LogP contribution in [0.4, 0.5) is 0 Å². The van der Waals surface area contributed by atoms with Crippen molar-refractivity contribution in [2.75, 3.05) is 14.2 Å². The summed E-state index contributed by atoms with van der Waals surface area (Å²) in [5.41, 5.74) is -0.220. The molecule has 0 radical (unpaired) electrons. The molecule has 5 N–H and O–H groups in total. The maximum atomic E-state index is 12.6. The van der Waals surface area contributed by atoms with Gasteiger partial charge in [-0.25, -0.2) is 0 Å². The highest BCUT2D eigenvalue weighted by Gasteiger charge is 2.43. The van der Waals surface area contributed by atoms with Gasteiger partial charge in [0.05, 0.1) is 20.3 Å². The average Bonchev–Trinajstić information content (AvgIpc) is 2.80. The predicted molar refractivity (Wildman–Crippen MR) is 117 cm³/mol. The summed E-state index contributed by atoms with van der Waals surface area (Å²) in [5.74, 6) is -0.322. The van der Waals surface area contributed by atoms with Crippen LogP contribution in [0.5, 0.6) is 28.7 Å². The van der Waals surface area contributed by atoms with E-state index in [0.717, 1.165) is 6.07 Å². The third-order valence-corrected chi connectivity index (χ3v) is 5.58. The number of phenols is 2. The third-order valence-electron chi connectivity index (χ3n) is 5.58. The predicted octanol–water partition coefficient (Wildman–Crippen LogP) is 1.09. The van der Waals surface area contributed by atoms with Crippen LogP contribution in [0.25, 0.3) is 22.3 Å². The second-order valence-electron chi connectivity index (χ2n) is 7.82. The lowest BCUT2D eigenvalue weighted by molar-refractivity contribution is -0.268. The van der Waals surface area contributed by atoms with Crippen molar-refractivity contribution in [1.29, 1.82) is 0 Å². The summed E-state index contributed by atoms with van der Waals surface area (Å²) in [6.45, 7) is 1.52. The van der Waals surface area contributed by atoms with Crippen LogP contribution in [0.3, 0.4) is 0 Å². The molecule has 0 bridgehead atoms. The SMILES string of the molecule is COc1cc(-c2cc(=O)c3c(O)cc(O)cc3o2)cc(OC)c1OC1OC(C)C(O)C(O)C1O. The maximum absolute atomic E-state index is 12.6. The van der Waals surface area contributed by atoms with E-state index in [2.05, 4.69) is 0 Å². The molecule has 182 valence electrons. The molecule has 0 saturated carbocycles. The Labute approximate surface area is 192 Å². The van der Waals surface area contributed by atoms with Crippen molar-refractivity contribution in [2.24, 2.45) is 0 Å². The molecule has 1 aliphatic rings. The van der Waals surface area contributed by atoms with Gasteiger partial charge in [-0.15, -0.1) is 0 Å². The van der Waals surface area contributed by atoms with Crippen LogP contribution >= 0.6 is 0 Å². The standard InChI is InChI=1S/C23H24O11/c1-9-19(27)20(28)21(29)23(32-9)34-22-16(30-2)4-10(5-17(22)31-3)14-8-13(26)18-12(25)6-11(24)7-15(18)33-14/h4-9,19-21,23-25,27-29H,1-3H3. The summed E-state index contributed by atoms with van der Waals surface area (Å²) in [4.78, 5) is 12.6. The highest BCUT2D eigenvalue weighted by molar-refractivity contribution is 5.86. The van der Waals surface area contributed by atoms with Gasteiger partial charge in [0.2, 0.25) is 12.0 Å². The summed E-state index contributed by atoms with van der Waals surface area (Å²) in [7, 11) is 2.72. The highest BCUT2D eigenvalue weighted by atomic mass is 16.7. The van der Waals surface area contributed by atoms with E-state index in [1.54, 1.807) is 0 Å². The monoisotopic (exact) mass is 476 g/mol. The molecule has 0 amide bonds. The van der Waals surface area contributed by atoms with Gasteiger partial charge in [-0.05, 0) is 19.1 Å². The van der Waals surface area contributed by atoms with E-state index in [4.69, 9.17) is 23.4 Å². The van der Waals surface area contributed by atoms with E-state index < -0.39 is 41.9 Å². The molecule has 1 aromatic heterocycles. The zero-order chi connectivity index (χ0) is 24.7. The van der Waals surface area contributed by atoms with Crippen molar-refractivity contribution < 1.29 is 48.9 Å². The largest absolute Gasteiger partial charge is 0.508 e. The fraction of sp³-hybridized carbons (Fsp3) is 0.348. The minimum Gasteiger partial charge on any atom is -0.508 e. The van der Waals surface area contributed by atoms with Gasteiger partial charge >= 0.3 is 0 Å². The number of aromatic hydroxyl groups is 2. The van der Waals surface area contributed by atoms with Crippen molar-refractivity contribution in [2.45, 2.75) is 37.6 Å². The lowest BCUT2D eigenvalue weighted by atomic mass is 10.00. The normalized spacial score (nSPS) is 24.7. The van der Waals surface area contributed by atoms with E-state index >= 15 is 0 Å². The summed E-state index contributed by atoms with van der Waals surface area (Å²) in [6, 6.07) is 6.37. The number of benzene rings is 2. The molecule has 3 aromatic rings. The van der Waals surface area contributed by atoms with Gasteiger partial charge in [0.15, 0.2) is 16.9 Å². The quantitative estimate of drug-likeness (QED) is 0.357. The first kappa shape index (κ1) is 23.6. The van der Waals surface area contributed by atoms with Gasteiger partial charge in [0.1, 0.15) is 46.5 Å². The molecule has 1 fully saturated rings. The molecule has 0 spiro atoms. The topological polar surface area (TPSA) is 168 Å². The maximum Gasteiger partial charge on any atom is 0.229 e. The van der Waals surface area contributed by atoms with Crippen LogP contribution in [-0.2, 0) is 4.74 Å². The summed E-state index contributed by atoms with van der Waals surface area (Å²) in [6.07, 6.45) is -6.51. The van der Waals surface area contributed by atoms with Crippen LogP contribution in [0.2, 0.25) is 0 Å². The first-order valence-corrected chi connectivity index (χ1v) is 10.3. The molecule has 1 saturated heterocycles. The molecule has 2 aromatic carbocycles. The van der Waals surface area contributed by atoms with E-state index in [1.807, 2.05) is 0 Å². The van der Waals surface area contributed by atoms with Crippen LogP contribution in [0, 0.1) is 0 Å². The Hall–Kier alpha value is -3.51. The minimum absolute atomic E-state index is 0.0291. The van der Waals surface area contributed by atoms with Crippen molar-refractivity contribution in [3.63, 3.8) is 0 Å². The molecular weight excluding hydrogens is 452 g/mol. The lowest BCUT2D eigenvalue weighted by Crippen LogP contribution is -2.58. The molecule has 5 unspecified atom stereocenters. The molecule has 2 heterocycles. The molecule has 11 heteroatoms. The van der Waals surface area contributed by atoms with Crippen LogP contribution in [-0.4, -0.2) is 70.5 Å². The second kappa shape index (κ2) is 9.03. The van der Waals surface area contributed by atoms with Gasteiger partial charge in [0, 0.05) is 23.8 Å². The fourth-order valence-corrected chi connectivity index (χ4v) is 3.76. The van der Waals surface area contributed by atoms with E-state index in [1.165, 1.54) is 45.4 Å². The molecular formula is C23H24O11. The second-order valence-corrected chi connectivity index (χ2v) is 7.82. The van der Waals surface area contributed by atoms with Gasteiger partial charge in [-0.3, -0.25) is 4.79 Å². The molecule has 4 rings (SSSR count). The number of hydrogen-bond donors (Lipinski definition) is 5. The van der Waals surface area contributed by atoms with Crippen molar-refractivity contribution in [1.82, 2.24) is 0 Å². The van der Waals surface area contributed by atoms with Crippen LogP contribution in [0.1, 0.15) is 6.92 Å². The fourth-order valence-electron chi connectivity index (χ4n) is 3.76.